The summed E-state index contributed by atoms with van der Waals surface area (Å²) in [7, 11) is 0. The van der Waals surface area contributed by atoms with Crippen LogP contribution in [0.2, 0.25) is 0 Å². The zero-order valence-electron chi connectivity index (χ0n) is 14.8. The van der Waals surface area contributed by atoms with Gasteiger partial charge in [0, 0.05) is 56.6 Å². The fourth-order valence-electron chi connectivity index (χ4n) is 3.00. The third kappa shape index (κ3) is 4.50. The quantitative estimate of drug-likeness (QED) is 0.636. The zero-order valence-corrected chi connectivity index (χ0v) is 15.6. The number of carbonyl (C=O) groups excluding carboxylic acids is 1. The molecule has 138 valence electrons. The van der Waals surface area contributed by atoms with Crippen molar-refractivity contribution < 1.29 is 9.21 Å². The third-order valence-electron chi connectivity index (χ3n) is 4.46. The highest BCUT2D eigenvalue weighted by molar-refractivity contribution is 7.13. The molecule has 6 nitrogen and oxygen atoms in total. The van der Waals surface area contributed by atoms with E-state index in [9.17, 15) is 4.79 Å². The number of rotatable bonds is 5. The van der Waals surface area contributed by atoms with Gasteiger partial charge < -0.3 is 9.32 Å². The number of nitrogens with zero attached hydrogens (tertiary/aromatic N) is 4. The fraction of sp³-hybridized carbons (Fsp3) is 0.250. The van der Waals surface area contributed by atoms with E-state index >= 15 is 0 Å². The summed E-state index contributed by atoms with van der Waals surface area (Å²) in [5.41, 5.74) is 1.98. The molecule has 1 saturated heterocycles. The van der Waals surface area contributed by atoms with E-state index in [4.69, 9.17) is 4.42 Å². The second kappa shape index (κ2) is 8.28. The van der Waals surface area contributed by atoms with Gasteiger partial charge in [-0.3, -0.25) is 14.7 Å². The van der Waals surface area contributed by atoms with Crippen LogP contribution in [0.5, 0.6) is 0 Å². The standard InChI is InChI=1S/C20H20N4O2S/c25-19(6-5-16-3-1-7-21-13-16)24-10-8-23(9-11-24)14-17-15-27-20(22-17)18-4-2-12-26-18/h1-7,12-13,15H,8-11,14H2. The van der Waals surface area contributed by atoms with Crippen molar-refractivity contribution in [2.45, 2.75) is 6.54 Å². The highest BCUT2D eigenvalue weighted by atomic mass is 32.1. The van der Waals surface area contributed by atoms with Crippen molar-refractivity contribution in [3.8, 4) is 10.8 Å². The van der Waals surface area contributed by atoms with Gasteiger partial charge in [-0.1, -0.05) is 6.07 Å². The van der Waals surface area contributed by atoms with E-state index < -0.39 is 0 Å². The smallest absolute Gasteiger partial charge is 0.246 e. The Morgan fingerprint density at radius 2 is 2.11 bits per heavy atom. The highest BCUT2D eigenvalue weighted by Gasteiger charge is 2.20. The number of carbonyl (C=O) groups is 1. The van der Waals surface area contributed by atoms with Gasteiger partial charge in [0.1, 0.15) is 0 Å². The summed E-state index contributed by atoms with van der Waals surface area (Å²) < 4.78 is 5.40. The molecule has 1 fully saturated rings. The zero-order chi connectivity index (χ0) is 18.5. The van der Waals surface area contributed by atoms with Crippen molar-refractivity contribution in [3.63, 3.8) is 0 Å². The molecule has 0 radical (unpaired) electrons. The first-order valence-corrected chi connectivity index (χ1v) is 9.73. The van der Waals surface area contributed by atoms with Crippen LogP contribution in [0.1, 0.15) is 11.3 Å². The van der Waals surface area contributed by atoms with Crippen molar-refractivity contribution in [1.29, 1.82) is 0 Å². The van der Waals surface area contributed by atoms with E-state index in [0.717, 1.165) is 54.7 Å². The largest absolute Gasteiger partial charge is 0.462 e. The van der Waals surface area contributed by atoms with E-state index in [1.165, 1.54) is 0 Å². The first-order chi connectivity index (χ1) is 13.3. The molecule has 1 aliphatic heterocycles. The van der Waals surface area contributed by atoms with Crippen LogP contribution in [0.4, 0.5) is 0 Å². The maximum atomic E-state index is 12.4. The van der Waals surface area contributed by atoms with Gasteiger partial charge in [-0.25, -0.2) is 4.98 Å². The lowest BCUT2D eigenvalue weighted by molar-refractivity contribution is -0.127. The van der Waals surface area contributed by atoms with Gasteiger partial charge in [-0.15, -0.1) is 11.3 Å². The van der Waals surface area contributed by atoms with Crippen molar-refractivity contribution >= 4 is 23.3 Å². The van der Waals surface area contributed by atoms with Crippen LogP contribution >= 0.6 is 11.3 Å². The van der Waals surface area contributed by atoms with Gasteiger partial charge in [-0.05, 0) is 29.8 Å². The fourth-order valence-corrected chi connectivity index (χ4v) is 3.77. The first-order valence-electron chi connectivity index (χ1n) is 8.85. The van der Waals surface area contributed by atoms with Crippen LogP contribution in [-0.2, 0) is 11.3 Å². The molecule has 0 saturated carbocycles. The predicted molar refractivity (Wildman–Crippen MR) is 105 cm³/mol. The third-order valence-corrected chi connectivity index (χ3v) is 5.36. The van der Waals surface area contributed by atoms with Gasteiger partial charge in [0.25, 0.3) is 0 Å². The number of amides is 1. The number of hydrogen-bond acceptors (Lipinski definition) is 6. The van der Waals surface area contributed by atoms with E-state index in [1.807, 2.05) is 35.2 Å². The minimum Gasteiger partial charge on any atom is -0.462 e. The molecule has 3 aromatic rings. The Balaban J connectivity index is 1.28. The lowest BCUT2D eigenvalue weighted by Crippen LogP contribution is -2.47. The Bertz CT molecular complexity index is 897. The molecule has 0 aliphatic carbocycles. The van der Waals surface area contributed by atoms with Gasteiger partial charge in [-0.2, -0.15) is 0 Å². The van der Waals surface area contributed by atoms with Crippen LogP contribution in [0.25, 0.3) is 16.8 Å². The Labute approximate surface area is 161 Å². The molecule has 4 rings (SSSR count). The van der Waals surface area contributed by atoms with Gasteiger partial charge in [0.05, 0.1) is 12.0 Å². The summed E-state index contributed by atoms with van der Waals surface area (Å²) in [5.74, 6) is 0.856. The van der Waals surface area contributed by atoms with E-state index in [1.54, 1.807) is 36.1 Å². The molecule has 1 amide bonds. The lowest BCUT2D eigenvalue weighted by Gasteiger charge is -2.33. The van der Waals surface area contributed by atoms with Crippen molar-refractivity contribution in [2.24, 2.45) is 0 Å². The topological polar surface area (TPSA) is 62.5 Å². The summed E-state index contributed by atoms with van der Waals surface area (Å²) in [6.07, 6.45) is 8.57. The minimum atomic E-state index is 0.0484. The van der Waals surface area contributed by atoms with Crippen molar-refractivity contribution in [3.05, 3.63) is 65.6 Å². The SMILES string of the molecule is O=C(C=Cc1cccnc1)N1CCN(Cc2csc(-c3ccco3)n2)CC1. The van der Waals surface area contributed by atoms with Crippen LogP contribution in [0, 0.1) is 0 Å². The lowest BCUT2D eigenvalue weighted by atomic mass is 10.2. The number of furan rings is 1. The second-order valence-corrected chi connectivity index (χ2v) is 7.20. The maximum absolute atomic E-state index is 12.4. The number of piperazine rings is 1. The predicted octanol–water partition coefficient (Wildman–Crippen LogP) is 3.16. The van der Waals surface area contributed by atoms with Crippen molar-refractivity contribution in [2.75, 3.05) is 26.2 Å². The molecular weight excluding hydrogens is 360 g/mol. The van der Waals surface area contributed by atoms with Crippen molar-refractivity contribution in [1.82, 2.24) is 19.8 Å². The summed E-state index contributed by atoms with van der Waals surface area (Å²) in [5, 5.41) is 2.98. The highest BCUT2D eigenvalue weighted by Crippen LogP contribution is 2.24. The molecule has 3 aromatic heterocycles. The number of thiazole rings is 1. The molecule has 0 aromatic carbocycles. The Morgan fingerprint density at radius 1 is 1.22 bits per heavy atom. The molecule has 4 heterocycles. The van der Waals surface area contributed by atoms with Crippen LogP contribution in [0.3, 0.4) is 0 Å². The Morgan fingerprint density at radius 3 is 2.85 bits per heavy atom. The van der Waals surface area contributed by atoms with E-state index in [-0.39, 0.29) is 5.91 Å². The average molecular weight is 380 g/mol. The van der Waals surface area contributed by atoms with Crippen LogP contribution in [0.15, 0.2) is 58.8 Å². The average Bonchev–Trinajstić information content (AvgIpc) is 3.39. The molecular formula is C20H20N4O2S. The molecule has 7 heteroatoms. The van der Waals surface area contributed by atoms with E-state index in [0.29, 0.717) is 0 Å². The molecule has 0 atom stereocenters. The van der Waals surface area contributed by atoms with Crippen LogP contribution in [-0.4, -0.2) is 51.9 Å². The van der Waals surface area contributed by atoms with Gasteiger partial charge in [0.2, 0.25) is 5.91 Å². The van der Waals surface area contributed by atoms with Gasteiger partial charge in [0.15, 0.2) is 10.8 Å². The van der Waals surface area contributed by atoms with E-state index in [2.05, 4.69) is 20.2 Å². The number of aromatic nitrogens is 2. The summed E-state index contributed by atoms with van der Waals surface area (Å²) in [6, 6.07) is 7.58. The first kappa shape index (κ1) is 17.6. The number of pyridine rings is 1. The molecule has 1 aliphatic rings. The molecule has 0 spiro atoms. The molecule has 27 heavy (non-hydrogen) atoms. The molecule has 0 unspecified atom stereocenters. The summed E-state index contributed by atoms with van der Waals surface area (Å²) in [4.78, 5) is 25.3. The normalized spacial score (nSPS) is 15.5. The summed E-state index contributed by atoms with van der Waals surface area (Å²) in [6.45, 7) is 3.95. The van der Waals surface area contributed by atoms with Crippen LogP contribution < -0.4 is 0 Å². The Hall–Kier alpha value is -2.77. The summed E-state index contributed by atoms with van der Waals surface area (Å²) >= 11 is 1.60. The number of hydrogen-bond donors (Lipinski definition) is 0. The monoisotopic (exact) mass is 380 g/mol. The Kier molecular flexibility index (Phi) is 5.41. The minimum absolute atomic E-state index is 0.0484. The maximum Gasteiger partial charge on any atom is 0.246 e. The molecule has 0 N–H and O–H groups in total. The molecule has 0 bridgehead atoms. The van der Waals surface area contributed by atoms with Gasteiger partial charge >= 0.3 is 0 Å². The second-order valence-electron chi connectivity index (χ2n) is 6.34.